The van der Waals surface area contributed by atoms with Gasteiger partial charge < -0.3 is 29.7 Å². The highest BCUT2D eigenvalue weighted by atomic mass is 32.2. The Morgan fingerprint density at radius 3 is 2.18 bits per heavy atom. The molecule has 2 aromatic rings. The van der Waals surface area contributed by atoms with Crippen LogP contribution in [0.25, 0.3) is 0 Å². The molecule has 1 aliphatic rings. The summed E-state index contributed by atoms with van der Waals surface area (Å²) < 4.78 is 42.8. The van der Waals surface area contributed by atoms with Crippen LogP contribution in [-0.2, 0) is 10.0 Å². The summed E-state index contributed by atoms with van der Waals surface area (Å²) in [7, 11) is 0.959. The van der Waals surface area contributed by atoms with Crippen LogP contribution >= 0.6 is 0 Å². The molecule has 0 bridgehead atoms. The summed E-state index contributed by atoms with van der Waals surface area (Å²) in [6.45, 7) is 4.09. The van der Waals surface area contributed by atoms with Crippen LogP contribution in [0.1, 0.15) is 5.56 Å². The summed E-state index contributed by atoms with van der Waals surface area (Å²) in [5.74, 6) is 1.01. The van der Waals surface area contributed by atoms with Crippen molar-refractivity contribution >= 4 is 27.4 Å². The van der Waals surface area contributed by atoms with Gasteiger partial charge in [0, 0.05) is 50.5 Å². The van der Waals surface area contributed by atoms with Gasteiger partial charge >= 0.3 is 6.03 Å². The Kier molecular flexibility index (Phi) is 8.46. The molecule has 10 nitrogen and oxygen atoms in total. The van der Waals surface area contributed by atoms with Crippen molar-refractivity contribution < 1.29 is 27.4 Å². The molecule has 2 aromatic carbocycles. The number of sulfonamides is 1. The fraction of sp³-hybridized carbons (Fsp3) is 0.435. The molecule has 0 saturated carbocycles. The van der Waals surface area contributed by atoms with Crippen molar-refractivity contribution in [2.75, 3.05) is 70.0 Å². The second-order valence-corrected chi connectivity index (χ2v) is 9.92. The number of hydrogen-bond acceptors (Lipinski definition) is 7. The molecule has 2 N–H and O–H groups in total. The maximum atomic E-state index is 12.7. The van der Waals surface area contributed by atoms with Crippen LogP contribution in [0.15, 0.2) is 36.4 Å². The van der Waals surface area contributed by atoms with Crippen LogP contribution in [0.3, 0.4) is 0 Å². The van der Waals surface area contributed by atoms with Gasteiger partial charge in [-0.1, -0.05) is 12.1 Å². The lowest BCUT2D eigenvalue weighted by Gasteiger charge is -2.35. The maximum Gasteiger partial charge on any atom is 0.319 e. The molecule has 1 saturated heterocycles. The lowest BCUT2D eigenvalue weighted by Crippen LogP contribution is -2.50. The van der Waals surface area contributed by atoms with Gasteiger partial charge in [0.1, 0.15) is 0 Å². The van der Waals surface area contributed by atoms with Gasteiger partial charge in [0.25, 0.3) is 0 Å². The molecular weight excluding hydrogens is 460 g/mol. The van der Waals surface area contributed by atoms with Gasteiger partial charge in [0.15, 0.2) is 11.5 Å². The smallest absolute Gasteiger partial charge is 0.319 e. The third-order valence-electron chi connectivity index (χ3n) is 5.57. The number of ether oxygens (including phenoxy) is 3. The number of carbonyl (C=O) groups is 1. The second-order valence-electron chi connectivity index (χ2n) is 7.84. The van der Waals surface area contributed by atoms with Crippen LogP contribution < -0.4 is 29.7 Å². The van der Waals surface area contributed by atoms with E-state index in [1.807, 2.05) is 25.1 Å². The van der Waals surface area contributed by atoms with E-state index in [0.29, 0.717) is 49.1 Å². The number of nitrogens with one attached hydrogen (secondary N) is 2. The van der Waals surface area contributed by atoms with Gasteiger partial charge in [-0.3, -0.25) is 0 Å². The van der Waals surface area contributed by atoms with E-state index in [-0.39, 0.29) is 12.3 Å². The molecule has 2 amide bonds. The van der Waals surface area contributed by atoms with E-state index in [4.69, 9.17) is 14.2 Å². The number of urea groups is 1. The normalized spacial score (nSPS) is 14.4. The zero-order valence-electron chi connectivity index (χ0n) is 20.0. The van der Waals surface area contributed by atoms with Crippen molar-refractivity contribution in [3.63, 3.8) is 0 Å². The van der Waals surface area contributed by atoms with Crippen molar-refractivity contribution in [1.29, 1.82) is 0 Å². The number of carbonyl (C=O) groups excluding carboxylic acids is 1. The van der Waals surface area contributed by atoms with Crippen molar-refractivity contribution in [2.24, 2.45) is 0 Å². The first kappa shape index (κ1) is 25.4. The van der Waals surface area contributed by atoms with Gasteiger partial charge in [-0.15, -0.1) is 0 Å². The number of nitrogens with zero attached hydrogens (tertiary/aromatic N) is 2. The number of anilines is 2. The highest BCUT2D eigenvalue weighted by Crippen LogP contribution is 2.39. The highest BCUT2D eigenvalue weighted by molar-refractivity contribution is 7.89. The summed E-state index contributed by atoms with van der Waals surface area (Å²) in [6, 6.07) is 10.8. The minimum Gasteiger partial charge on any atom is -0.493 e. The Morgan fingerprint density at radius 2 is 1.62 bits per heavy atom. The molecular formula is C23H32N4O6S. The van der Waals surface area contributed by atoms with E-state index < -0.39 is 16.1 Å². The number of benzene rings is 2. The number of aryl methyl sites for hydroxylation is 1. The third-order valence-corrected chi connectivity index (χ3v) is 7.44. The molecule has 1 fully saturated rings. The van der Waals surface area contributed by atoms with Crippen molar-refractivity contribution in [3.8, 4) is 17.2 Å². The number of methoxy groups -OCH3 is 3. The van der Waals surface area contributed by atoms with Crippen molar-refractivity contribution in [1.82, 2.24) is 9.62 Å². The van der Waals surface area contributed by atoms with E-state index in [9.17, 15) is 13.2 Å². The zero-order chi connectivity index (χ0) is 24.7. The van der Waals surface area contributed by atoms with E-state index in [0.717, 1.165) is 5.69 Å². The van der Waals surface area contributed by atoms with Gasteiger partial charge in [-0.25, -0.2) is 13.2 Å². The van der Waals surface area contributed by atoms with Crippen LogP contribution in [0.5, 0.6) is 17.2 Å². The van der Waals surface area contributed by atoms with Crippen LogP contribution in [-0.4, -0.2) is 78.6 Å². The summed E-state index contributed by atoms with van der Waals surface area (Å²) >= 11 is 0. The molecule has 0 aromatic heterocycles. The molecule has 1 heterocycles. The molecule has 11 heteroatoms. The number of amides is 2. The maximum absolute atomic E-state index is 12.7. The predicted molar refractivity (Wildman–Crippen MR) is 132 cm³/mol. The molecule has 3 rings (SSSR count). The van der Waals surface area contributed by atoms with Gasteiger partial charge in [-0.05, 0) is 24.6 Å². The van der Waals surface area contributed by atoms with Crippen LogP contribution in [0, 0.1) is 6.92 Å². The molecule has 0 aliphatic carbocycles. The summed E-state index contributed by atoms with van der Waals surface area (Å²) in [5, 5.41) is 5.25. The number of piperazine rings is 1. The standard InChI is InChI=1S/C23H32N4O6S/c1-17-6-5-7-19(14-17)26-9-11-27(12-10-26)34(29,30)13-8-24-23(28)25-18-15-20(31-2)22(33-4)21(16-18)32-3/h5-7,14-16H,8-13H2,1-4H3,(H2,24,25,28). The minimum atomic E-state index is -3.49. The quantitative estimate of drug-likeness (QED) is 0.553. The Bertz CT molecular complexity index is 1080. The van der Waals surface area contributed by atoms with Gasteiger partial charge in [0.2, 0.25) is 15.8 Å². The number of rotatable bonds is 9. The average Bonchev–Trinajstić information content (AvgIpc) is 2.83. The SMILES string of the molecule is COc1cc(NC(=O)NCCS(=O)(=O)N2CCN(c3cccc(C)c3)CC2)cc(OC)c1OC. The van der Waals surface area contributed by atoms with E-state index >= 15 is 0 Å². The predicted octanol–water partition coefficient (Wildman–Crippen LogP) is 2.29. The molecule has 0 atom stereocenters. The molecule has 34 heavy (non-hydrogen) atoms. The third kappa shape index (κ3) is 6.23. The Balaban J connectivity index is 1.50. The fourth-order valence-corrected chi connectivity index (χ4v) is 5.14. The fourth-order valence-electron chi connectivity index (χ4n) is 3.80. The van der Waals surface area contributed by atoms with Gasteiger partial charge in [-0.2, -0.15) is 4.31 Å². The van der Waals surface area contributed by atoms with E-state index in [1.165, 1.54) is 31.2 Å². The Labute approximate surface area is 200 Å². The lowest BCUT2D eigenvalue weighted by atomic mass is 10.2. The molecule has 0 radical (unpaired) electrons. The largest absolute Gasteiger partial charge is 0.493 e. The summed E-state index contributed by atoms with van der Waals surface area (Å²) in [6.07, 6.45) is 0. The minimum absolute atomic E-state index is 0.0172. The van der Waals surface area contributed by atoms with Crippen LogP contribution in [0.2, 0.25) is 0 Å². The van der Waals surface area contributed by atoms with E-state index in [2.05, 4.69) is 21.6 Å². The average molecular weight is 493 g/mol. The molecule has 1 aliphatic heterocycles. The molecule has 0 spiro atoms. The van der Waals surface area contributed by atoms with Crippen molar-refractivity contribution in [3.05, 3.63) is 42.0 Å². The second kappa shape index (κ2) is 11.3. The Morgan fingerprint density at radius 1 is 0.971 bits per heavy atom. The first-order valence-electron chi connectivity index (χ1n) is 10.9. The topological polar surface area (TPSA) is 109 Å². The van der Waals surface area contributed by atoms with Crippen molar-refractivity contribution in [2.45, 2.75) is 6.92 Å². The van der Waals surface area contributed by atoms with Crippen LogP contribution in [0.4, 0.5) is 16.2 Å². The van der Waals surface area contributed by atoms with Gasteiger partial charge in [0.05, 0.1) is 32.8 Å². The first-order valence-corrected chi connectivity index (χ1v) is 12.5. The first-order chi connectivity index (χ1) is 16.3. The molecule has 186 valence electrons. The summed E-state index contributed by atoms with van der Waals surface area (Å²) in [4.78, 5) is 14.5. The highest BCUT2D eigenvalue weighted by Gasteiger charge is 2.27. The summed E-state index contributed by atoms with van der Waals surface area (Å²) in [5.41, 5.74) is 2.69. The monoisotopic (exact) mass is 492 g/mol. The Hall–Kier alpha value is -3.18. The lowest BCUT2D eigenvalue weighted by molar-refractivity contribution is 0.252. The number of hydrogen-bond donors (Lipinski definition) is 2. The van der Waals surface area contributed by atoms with E-state index in [1.54, 1.807) is 12.1 Å². The molecule has 0 unspecified atom stereocenters. The zero-order valence-corrected chi connectivity index (χ0v) is 20.8.